The van der Waals surface area contributed by atoms with E-state index >= 15 is 0 Å². The number of aromatic nitrogens is 1. The van der Waals surface area contributed by atoms with Gasteiger partial charge in [0.25, 0.3) is 10.0 Å². The van der Waals surface area contributed by atoms with Gasteiger partial charge in [0.15, 0.2) is 0 Å². The Hall–Kier alpha value is -3.87. The summed E-state index contributed by atoms with van der Waals surface area (Å²) < 4.78 is 35.7. The number of piperazine rings is 1. The van der Waals surface area contributed by atoms with Gasteiger partial charge in [0.1, 0.15) is 18.0 Å². The monoisotopic (exact) mass is 634 g/mol. The number of nitrogens with two attached hydrogens (primary N) is 2. The van der Waals surface area contributed by atoms with E-state index in [4.69, 9.17) is 39.4 Å². The maximum absolute atomic E-state index is 13.8. The molecule has 42 heavy (non-hydrogen) atoms. The highest BCUT2D eigenvalue weighted by Gasteiger charge is 2.30. The van der Waals surface area contributed by atoms with Crippen molar-refractivity contribution in [2.45, 2.75) is 31.3 Å². The Morgan fingerprint density at radius 1 is 1.07 bits per heavy atom. The number of ether oxygens (including phenoxy) is 1. The normalized spacial score (nSPS) is 15.1. The number of nitrogens with one attached hydrogen (secondary N) is 1. The SMILES string of the molecule is CC(C)(C)OC(=O)CN(c1ccc2c(ccn2/C(N)=C/C=C(\N)N2CCNC(=O)C2)c1)S(=O)(=O)c1cc(Cl)cc(Cl)c1. The van der Waals surface area contributed by atoms with E-state index in [2.05, 4.69) is 5.32 Å². The standard InChI is InChI=1S/C28H32Cl2N6O5S/c1-28(2,3)41-27(38)17-36(42(39,40)22-14-19(29)13-20(30)15-22)21-4-5-23-18(12-21)8-10-35(23)25(32)7-6-24(31)34-11-9-33-26(37)16-34/h4-8,10,12-15H,9,11,16-17,31-32H2,1-3H3,(H,33,37)/b24-6+,25-7+. The van der Waals surface area contributed by atoms with Crippen molar-refractivity contribution in [3.8, 4) is 0 Å². The van der Waals surface area contributed by atoms with E-state index in [0.29, 0.717) is 35.6 Å². The summed E-state index contributed by atoms with van der Waals surface area (Å²) in [6.07, 6.45) is 4.97. The average molecular weight is 636 g/mol. The van der Waals surface area contributed by atoms with Crippen molar-refractivity contribution in [1.82, 2.24) is 14.8 Å². The molecule has 1 aliphatic heterocycles. The molecule has 2 aromatic carbocycles. The minimum absolute atomic E-state index is 0.108. The first-order valence-electron chi connectivity index (χ1n) is 12.9. The molecule has 14 heteroatoms. The number of carbonyl (C=O) groups is 2. The van der Waals surface area contributed by atoms with Crippen molar-refractivity contribution in [2.24, 2.45) is 11.5 Å². The molecule has 1 aromatic heterocycles. The van der Waals surface area contributed by atoms with Crippen LogP contribution >= 0.6 is 23.2 Å². The van der Waals surface area contributed by atoms with Gasteiger partial charge < -0.3 is 31.0 Å². The summed E-state index contributed by atoms with van der Waals surface area (Å²) in [6, 6.07) is 10.6. The van der Waals surface area contributed by atoms with Crippen LogP contribution in [-0.4, -0.2) is 61.5 Å². The van der Waals surface area contributed by atoms with Gasteiger partial charge in [-0.3, -0.25) is 13.9 Å². The molecule has 0 radical (unpaired) electrons. The van der Waals surface area contributed by atoms with Gasteiger partial charge in [-0.05, 0) is 75.4 Å². The van der Waals surface area contributed by atoms with Crippen molar-refractivity contribution in [1.29, 1.82) is 0 Å². The molecule has 4 rings (SSSR count). The lowest BCUT2D eigenvalue weighted by molar-refractivity contribution is -0.152. The summed E-state index contributed by atoms with van der Waals surface area (Å²) in [6.45, 7) is 5.74. The highest BCUT2D eigenvalue weighted by molar-refractivity contribution is 7.92. The predicted octanol–water partition coefficient (Wildman–Crippen LogP) is 3.47. The number of hydrogen-bond donors (Lipinski definition) is 3. The number of anilines is 1. The van der Waals surface area contributed by atoms with E-state index in [-0.39, 0.29) is 33.1 Å². The van der Waals surface area contributed by atoms with Crippen LogP contribution in [0.15, 0.2) is 71.5 Å². The van der Waals surface area contributed by atoms with Gasteiger partial charge in [0, 0.05) is 34.7 Å². The minimum Gasteiger partial charge on any atom is -0.459 e. The molecular weight excluding hydrogens is 603 g/mol. The first-order valence-corrected chi connectivity index (χ1v) is 15.1. The molecule has 0 bridgehead atoms. The first-order chi connectivity index (χ1) is 19.6. The molecule has 1 fully saturated rings. The van der Waals surface area contributed by atoms with Crippen LogP contribution in [0, 0.1) is 0 Å². The fourth-order valence-corrected chi connectivity index (χ4v) is 6.46. The van der Waals surface area contributed by atoms with Gasteiger partial charge in [0.05, 0.1) is 28.5 Å². The zero-order valence-electron chi connectivity index (χ0n) is 23.3. The van der Waals surface area contributed by atoms with Gasteiger partial charge in [0.2, 0.25) is 5.91 Å². The Balaban J connectivity index is 1.69. The molecule has 224 valence electrons. The third-order valence-electron chi connectivity index (χ3n) is 6.19. The first kappa shape index (κ1) is 31.1. The largest absolute Gasteiger partial charge is 0.459 e. The number of allylic oxidation sites excluding steroid dienone is 2. The molecule has 3 aromatic rings. The number of nitrogens with zero attached hydrogens (tertiary/aromatic N) is 3. The molecule has 1 saturated heterocycles. The van der Waals surface area contributed by atoms with Crippen LogP contribution in [0.2, 0.25) is 10.0 Å². The van der Waals surface area contributed by atoms with E-state index in [1.54, 1.807) is 72.9 Å². The molecule has 1 amide bonds. The number of carbonyl (C=O) groups excluding carboxylic acids is 2. The van der Waals surface area contributed by atoms with Crippen LogP contribution in [0.1, 0.15) is 20.8 Å². The molecule has 0 spiro atoms. The van der Waals surface area contributed by atoms with Crippen LogP contribution in [0.3, 0.4) is 0 Å². The number of esters is 1. The zero-order valence-corrected chi connectivity index (χ0v) is 25.6. The molecule has 5 N–H and O–H groups in total. The van der Waals surface area contributed by atoms with E-state index in [1.807, 2.05) is 0 Å². The third kappa shape index (κ3) is 7.30. The van der Waals surface area contributed by atoms with Gasteiger partial charge in [-0.25, -0.2) is 8.42 Å². The van der Waals surface area contributed by atoms with Crippen molar-refractivity contribution in [3.05, 3.63) is 76.7 Å². The highest BCUT2D eigenvalue weighted by Crippen LogP contribution is 2.31. The Morgan fingerprint density at radius 2 is 1.74 bits per heavy atom. The Labute approximate surface area is 254 Å². The van der Waals surface area contributed by atoms with Gasteiger partial charge in [-0.1, -0.05) is 23.2 Å². The lowest BCUT2D eigenvalue weighted by Gasteiger charge is -2.28. The van der Waals surface area contributed by atoms with Crippen LogP contribution in [0.25, 0.3) is 16.7 Å². The lowest BCUT2D eigenvalue weighted by Crippen LogP contribution is -2.48. The Bertz CT molecular complexity index is 1670. The topological polar surface area (TPSA) is 153 Å². The summed E-state index contributed by atoms with van der Waals surface area (Å²) in [5.74, 6) is -0.104. The number of amides is 1. The number of hydrogen-bond acceptors (Lipinski definition) is 8. The summed E-state index contributed by atoms with van der Waals surface area (Å²) >= 11 is 12.2. The minimum atomic E-state index is -4.29. The molecular formula is C28H32Cl2N6O5S. The average Bonchev–Trinajstić information content (AvgIpc) is 3.32. The fraction of sp³-hybridized carbons (Fsp3) is 0.286. The molecule has 0 unspecified atom stereocenters. The highest BCUT2D eigenvalue weighted by atomic mass is 35.5. The van der Waals surface area contributed by atoms with Crippen molar-refractivity contribution in [2.75, 3.05) is 30.5 Å². The second-order valence-electron chi connectivity index (χ2n) is 10.6. The van der Waals surface area contributed by atoms with Crippen LogP contribution < -0.4 is 21.1 Å². The number of benzene rings is 2. The molecule has 0 atom stereocenters. The van der Waals surface area contributed by atoms with Crippen LogP contribution in [-0.2, 0) is 24.3 Å². The second kappa shape index (κ2) is 12.2. The fourth-order valence-electron chi connectivity index (χ4n) is 4.34. The van der Waals surface area contributed by atoms with Gasteiger partial charge >= 0.3 is 5.97 Å². The number of halogens is 2. The van der Waals surface area contributed by atoms with E-state index in [9.17, 15) is 18.0 Å². The van der Waals surface area contributed by atoms with Crippen LogP contribution in [0.5, 0.6) is 0 Å². The predicted molar refractivity (Wildman–Crippen MR) is 164 cm³/mol. The summed E-state index contributed by atoms with van der Waals surface area (Å²) in [5, 5.41) is 3.66. The van der Waals surface area contributed by atoms with E-state index in [1.165, 1.54) is 18.2 Å². The second-order valence-corrected chi connectivity index (χ2v) is 13.3. The van der Waals surface area contributed by atoms with Crippen LogP contribution in [0.4, 0.5) is 5.69 Å². The zero-order chi connectivity index (χ0) is 30.8. The summed E-state index contributed by atoms with van der Waals surface area (Å²) in [4.78, 5) is 26.0. The van der Waals surface area contributed by atoms with Gasteiger partial charge in [-0.15, -0.1) is 0 Å². The van der Waals surface area contributed by atoms with E-state index < -0.39 is 28.1 Å². The number of rotatable bonds is 8. The Morgan fingerprint density at radius 3 is 2.38 bits per heavy atom. The third-order valence-corrected chi connectivity index (χ3v) is 8.37. The summed E-state index contributed by atoms with van der Waals surface area (Å²) in [7, 11) is -4.29. The molecule has 0 aliphatic carbocycles. The lowest BCUT2D eigenvalue weighted by atomic mass is 10.2. The number of sulfonamides is 1. The smallest absolute Gasteiger partial charge is 0.327 e. The van der Waals surface area contributed by atoms with Crippen molar-refractivity contribution >= 4 is 67.5 Å². The molecule has 11 nitrogen and oxygen atoms in total. The van der Waals surface area contributed by atoms with E-state index in [0.717, 1.165) is 4.31 Å². The maximum Gasteiger partial charge on any atom is 0.327 e. The summed E-state index contributed by atoms with van der Waals surface area (Å²) in [5.41, 5.74) is 12.6. The van der Waals surface area contributed by atoms with Crippen molar-refractivity contribution in [3.63, 3.8) is 0 Å². The quantitative estimate of drug-likeness (QED) is 0.251. The van der Waals surface area contributed by atoms with Gasteiger partial charge in [-0.2, -0.15) is 0 Å². The maximum atomic E-state index is 13.8. The molecule has 2 heterocycles. The molecule has 0 saturated carbocycles. The van der Waals surface area contributed by atoms with Crippen molar-refractivity contribution < 1.29 is 22.7 Å². The molecule has 1 aliphatic rings. The Kier molecular flexibility index (Phi) is 9.00. The number of fused-ring (bicyclic) bond motifs is 1.